The summed E-state index contributed by atoms with van der Waals surface area (Å²) < 4.78 is 5.11. The minimum Gasteiger partial charge on any atom is -0.496 e. The van der Waals surface area contributed by atoms with Gasteiger partial charge in [-0.3, -0.25) is 4.79 Å². The number of hydrogen-bond acceptors (Lipinski definition) is 2. The first-order chi connectivity index (χ1) is 6.56. The lowest BCUT2D eigenvalue weighted by Gasteiger charge is -2.09. The van der Waals surface area contributed by atoms with Gasteiger partial charge in [0, 0.05) is 0 Å². The van der Waals surface area contributed by atoms with E-state index in [1.807, 2.05) is 25.1 Å². The predicted molar refractivity (Wildman–Crippen MR) is 57.0 cm³/mol. The van der Waals surface area contributed by atoms with Gasteiger partial charge in [0.05, 0.1) is 7.11 Å². The molecule has 0 aliphatic rings. The van der Waals surface area contributed by atoms with Crippen molar-refractivity contribution in [2.24, 2.45) is 0 Å². The molecule has 3 heteroatoms. The van der Waals surface area contributed by atoms with Gasteiger partial charge in [0.2, 0.25) is 0 Å². The molecule has 2 nitrogen and oxygen atoms in total. The molecular formula is C11H13ClO2. The molecule has 1 aromatic carbocycles. The predicted octanol–water partition coefficient (Wildman–Crippen LogP) is 2.87. The fourth-order valence-corrected chi connectivity index (χ4v) is 1.43. The third-order valence-electron chi connectivity index (χ3n) is 2.07. The second-order valence-electron chi connectivity index (χ2n) is 3.20. The molecule has 14 heavy (non-hydrogen) atoms. The van der Waals surface area contributed by atoms with Crippen molar-refractivity contribution in [1.82, 2.24) is 0 Å². The lowest BCUT2D eigenvalue weighted by Crippen LogP contribution is -2.02. The summed E-state index contributed by atoms with van der Waals surface area (Å²) in [6.45, 7) is 3.41. The van der Waals surface area contributed by atoms with E-state index in [1.54, 1.807) is 7.11 Å². The average molecular weight is 213 g/mol. The summed E-state index contributed by atoms with van der Waals surface area (Å²) >= 11 is 5.92. The highest BCUT2D eigenvalue weighted by molar-refractivity contribution is 6.30. The molecule has 1 aromatic rings. The minimum atomic E-state index is -0.556. The van der Waals surface area contributed by atoms with Crippen LogP contribution in [0, 0.1) is 6.92 Å². The van der Waals surface area contributed by atoms with E-state index < -0.39 is 5.38 Å². The third kappa shape index (κ3) is 2.26. The Morgan fingerprint density at radius 3 is 2.57 bits per heavy atom. The Morgan fingerprint density at radius 2 is 2.14 bits per heavy atom. The van der Waals surface area contributed by atoms with Gasteiger partial charge in [-0.1, -0.05) is 12.1 Å². The maximum absolute atomic E-state index is 11.0. The van der Waals surface area contributed by atoms with Crippen molar-refractivity contribution in [2.45, 2.75) is 19.2 Å². The van der Waals surface area contributed by atoms with E-state index in [2.05, 4.69) is 0 Å². The molecule has 1 atom stereocenters. The second kappa shape index (κ2) is 4.47. The van der Waals surface area contributed by atoms with E-state index in [0.717, 1.165) is 16.9 Å². The molecule has 0 aliphatic carbocycles. The van der Waals surface area contributed by atoms with Crippen molar-refractivity contribution in [3.05, 3.63) is 29.3 Å². The fourth-order valence-electron chi connectivity index (χ4n) is 1.29. The van der Waals surface area contributed by atoms with Crippen LogP contribution in [0.5, 0.6) is 5.75 Å². The van der Waals surface area contributed by atoms with Crippen molar-refractivity contribution in [3.63, 3.8) is 0 Å². The fraction of sp³-hybridized carbons (Fsp3) is 0.364. The largest absolute Gasteiger partial charge is 0.496 e. The third-order valence-corrected chi connectivity index (χ3v) is 2.63. The maximum Gasteiger partial charge on any atom is 0.152 e. The monoisotopic (exact) mass is 212 g/mol. The molecule has 0 radical (unpaired) electrons. The molecule has 0 aliphatic heterocycles. The number of alkyl halides is 1. The molecule has 0 N–H and O–H groups in total. The summed E-state index contributed by atoms with van der Waals surface area (Å²) in [6, 6.07) is 5.51. The summed E-state index contributed by atoms with van der Waals surface area (Å²) in [5.41, 5.74) is 1.80. The summed E-state index contributed by atoms with van der Waals surface area (Å²) in [4.78, 5) is 11.0. The van der Waals surface area contributed by atoms with Crippen LogP contribution in [0.3, 0.4) is 0 Å². The average Bonchev–Trinajstić information content (AvgIpc) is 2.16. The summed E-state index contributed by atoms with van der Waals surface area (Å²) in [5, 5.41) is -0.556. The van der Waals surface area contributed by atoms with Gasteiger partial charge in [0.25, 0.3) is 0 Å². The number of aryl methyl sites for hydroxylation is 1. The van der Waals surface area contributed by atoms with Gasteiger partial charge in [-0.05, 0) is 31.0 Å². The number of hydrogen-bond donors (Lipinski definition) is 0. The zero-order valence-corrected chi connectivity index (χ0v) is 9.26. The van der Waals surface area contributed by atoms with Crippen LogP contribution < -0.4 is 4.74 Å². The van der Waals surface area contributed by atoms with E-state index in [4.69, 9.17) is 16.3 Å². The van der Waals surface area contributed by atoms with Gasteiger partial charge in [0.1, 0.15) is 11.1 Å². The molecule has 0 saturated heterocycles. The number of ketones is 1. The van der Waals surface area contributed by atoms with Crippen LogP contribution in [0.4, 0.5) is 0 Å². The molecule has 0 heterocycles. The second-order valence-corrected chi connectivity index (χ2v) is 3.64. The van der Waals surface area contributed by atoms with Crippen molar-refractivity contribution >= 4 is 17.4 Å². The number of ether oxygens (including phenoxy) is 1. The Morgan fingerprint density at radius 1 is 1.50 bits per heavy atom. The molecule has 0 saturated carbocycles. The quantitative estimate of drug-likeness (QED) is 0.721. The van der Waals surface area contributed by atoms with E-state index in [-0.39, 0.29) is 5.78 Å². The van der Waals surface area contributed by atoms with Crippen molar-refractivity contribution in [1.29, 1.82) is 0 Å². The number of carbonyl (C=O) groups is 1. The van der Waals surface area contributed by atoms with Crippen LogP contribution in [0.2, 0.25) is 0 Å². The molecule has 0 fully saturated rings. The smallest absolute Gasteiger partial charge is 0.152 e. The molecule has 76 valence electrons. The standard InChI is InChI=1S/C11H13ClO2/c1-7-6-9(11(12)8(2)13)4-5-10(7)14-3/h4-6,11H,1-3H3. The Labute approximate surface area is 88.8 Å². The first-order valence-corrected chi connectivity index (χ1v) is 4.79. The highest BCUT2D eigenvalue weighted by Crippen LogP contribution is 2.26. The van der Waals surface area contributed by atoms with Crippen molar-refractivity contribution < 1.29 is 9.53 Å². The van der Waals surface area contributed by atoms with E-state index >= 15 is 0 Å². The molecule has 0 spiro atoms. The number of Topliss-reactive ketones (excluding diaryl/α,β-unsaturated/α-hetero) is 1. The number of halogens is 1. The Bertz CT molecular complexity index is 347. The van der Waals surface area contributed by atoms with Gasteiger partial charge in [0.15, 0.2) is 5.78 Å². The van der Waals surface area contributed by atoms with Gasteiger partial charge in [-0.25, -0.2) is 0 Å². The molecule has 0 bridgehead atoms. The van der Waals surface area contributed by atoms with Gasteiger partial charge < -0.3 is 4.74 Å². The van der Waals surface area contributed by atoms with E-state index in [0.29, 0.717) is 0 Å². The topological polar surface area (TPSA) is 26.3 Å². The minimum absolute atomic E-state index is 0.0452. The molecule has 1 rings (SSSR count). The van der Waals surface area contributed by atoms with Crippen LogP contribution in [0.15, 0.2) is 18.2 Å². The molecule has 0 aromatic heterocycles. The number of benzene rings is 1. The lowest BCUT2D eigenvalue weighted by molar-refractivity contribution is -0.116. The first kappa shape index (κ1) is 11.1. The molecule has 1 unspecified atom stereocenters. The zero-order valence-electron chi connectivity index (χ0n) is 8.50. The number of rotatable bonds is 3. The summed E-state index contributed by atoms with van der Waals surface area (Å²) in [6.07, 6.45) is 0. The van der Waals surface area contributed by atoms with Crippen molar-refractivity contribution in [2.75, 3.05) is 7.11 Å². The summed E-state index contributed by atoms with van der Waals surface area (Å²) in [5.74, 6) is 0.761. The Kier molecular flexibility index (Phi) is 3.53. The highest BCUT2D eigenvalue weighted by Gasteiger charge is 2.13. The van der Waals surface area contributed by atoms with Crippen LogP contribution in [-0.2, 0) is 4.79 Å². The van der Waals surface area contributed by atoms with Crippen molar-refractivity contribution in [3.8, 4) is 5.75 Å². The number of methoxy groups -OCH3 is 1. The molecular weight excluding hydrogens is 200 g/mol. The Balaban J connectivity index is 3.02. The van der Waals surface area contributed by atoms with Gasteiger partial charge >= 0.3 is 0 Å². The van der Waals surface area contributed by atoms with Crippen LogP contribution in [0.25, 0.3) is 0 Å². The lowest BCUT2D eigenvalue weighted by atomic mass is 10.1. The highest BCUT2D eigenvalue weighted by atomic mass is 35.5. The first-order valence-electron chi connectivity index (χ1n) is 4.35. The summed E-state index contributed by atoms with van der Waals surface area (Å²) in [7, 11) is 1.62. The van der Waals surface area contributed by atoms with Crippen LogP contribution in [0.1, 0.15) is 23.4 Å². The maximum atomic E-state index is 11.0. The zero-order chi connectivity index (χ0) is 10.7. The van der Waals surface area contributed by atoms with Gasteiger partial charge in [-0.15, -0.1) is 11.6 Å². The number of carbonyl (C=O) groups excluding carboxylic acids is 1. The van der Waals surface area contributed by atoms with Gasteiger partial charge in [-0.2, -0.15) is 0 Å². The SMILES string of the molecule is COc1ccc(C(Cl)C(C)=O)cc1C. The molecule has 0 amide bonds. The Hall–Kier alpha value is -1.02. The van der Waals surface area contributed by atoms with E-state index in [1.165, 1.54) is 6.92 Å². The van der Waals surface area contributed by atoms with Crippen LogP contribution in [-0.4, -0.2) is 12.9 Å². The van der Waals surface area contributed by atoms with E-state index in [9.17, 15) is 4.79 Å². The normalized spacial score (nSPS) is 12.3. The van der Waals surface area contributed by atoms with Crippen LogP contribution >= 0.6 is 11.6 Å².